The Morgan fingerprint density at radius 1 is 1.44 bits per heavy atom. The molecule has 0 spiro atoms. The number of nitrogens with two attached hydrogens (primary N) is 1. The summed E-state index contributed by atoms with van der Waals surface area (Å²) in [7, 11) is 1.89. The Morgan fingerprint density at radius 3 is 2.89 bits per heavy atom. The summed E-state index contributed by atoms with van der Waals surface area (Å²) in [6, 6.07) is 6.43. The molecule has 0 saturated carbocycles. The number of hydrogen-bond donors (Lipinski definition) is 1. The van der Waals surface area contributed by atoms with Crippen molar-refractivity contribution in [2.24, 2.45) is 12.8 Å². The molecule has 3 nitrogen and oxygen atoms in total. The number of aromatic nitrogens is 2. The van der Waals surface area contributed by atoms with Crippen LogP contribution in [0.1, 0.15) is 29.8 Å². The monoisotopic (exact) mass is 247 g/mol. The topological polar surface area (TPSA) is 43.8 Å². The highest BCUT2D eigenvalue weighted by Crippen LogP contribution is 2.20. The second-order valence-corrected chi connectivity index (χ2v) is 4.50. The van der Waals surface area contributed by atoms with Gasteiger partial charge < -0.3 is 5.73 Å². The summed E-state index contributed by atoms with van der Waals surface area (Å²) < 4.78 is 14.9. The minimum absolute atomic E-state index is 0.143. The maximum absolute atomic E-state index is 13.1. The minimum atomic E-state index is -0.221. The molecular formula is C14H18FN3. The van der Waals surface area contributed by atoms with E-state index >= 15 is 0 Å². The number of nitrogens with zero attached hydrogens (tertiary/aromatic N) is 2. The van der Waals surface area contributed by atoms with E-state index in [9.17, 15) is 4.39 Å². The lowest BCUT2D eigenvalue weighted by molar-refractivity contribution is 0.621. The smallest absolute Gasteiger partial charge is 0.123 e. The number of aryl methyl sites for hydroxylation is 2. The molecule has 0 amide bonds. The van der Waals surface area contributed by atoms with Crippen molar-refractivity contribution < 1.29 is 4.39 Å². The van der Waals surface area contributed by atoms with Gasteiger partial charge >= 0.3 is 0 Å². The Hall–Kier alpha value is -1.68. The van der Waals surface area contributed by atoms with Gasteiger partial charge in [-0.15, -0.1) is 0 Å². The molecule has 18 heavy (non-hydrogen) atoms. The van der Waals surface area contributed by atoms with E-state index in [1.807, 2.05) is 19.3 Å². The van der Waals surface area contributed by atoms with Crippen LogP contribution in [-0.2, 0) is 19.9 Å². The first-order chi connectivity index (χ1) is 8.60. The van der Waals surface area contributed by atoms with Crippen LogP contribution in [-0.4, -0.2) is 9.78 Å². The first-order valence-corrected chi connectivity index (χ1v) is 6.12. The molecule has 2 rings (SSSR count). The summed E-state index contributed by atoms with van der Waals surface area (Å²) in [5, 5.41) is 4.37. The first-order valence-electron chi connectivity index (χ1n) is 6.12. The first kappa shape index (κ1) is 12.8. The van der Waals surface area contributed by atoms with Crippen molar-refractivity contribution in [1.82, 2.24) is 9.78 Å². The summed E-state index contributed by atoms with van der Waals surface area (Å²) in [6.45, 7) is 2.06. The normalized spacial score (nSPS) is 12.7. The zero-order chi connectivity index (χ0) is 13.1. The third-order valence-electron chi connectivity index (χ3n) is 3.02. The van der Waals surface area contributed by atoms with E-state index in [1.54, 1.807) is 10.7 Å². The number of benzene rings is 1. The summed E-state index contributed by atoms with van der Waals surface area (Å²) >= 11 is 0. The highest BCUT2D eigenvalue weighted by molar-refractivity contribution is 5.25. The molecule has 2 aromatic rings. The molecule has 0 aliphatic carbocycles. The van der Waals surface area contributed by atoms with Crippen LogP contribution in [0.3, 0.4) is 0 Å². The molecule has 1 atom stereocenters. The molecule has 1 aromatic carbocycles. The lowest BCUT2D eigenvalue weighted by Gasteiger charge is -2.11. The average molecular weight is 247 g/mol. The van der Waals surface area contributed by atoms with Crippen LogP contribution in [0, 0.1) is 5.82 Å². The molecule has 1 heterocycles. The van der Waals surface area contributed by atoms with E-state index < -0.39 is 0 Å². The van der Waals surface area contributed by atoms with Crippen LogP contribution in [0.25, 0.3) is 0 Å². The third-order valence-corrected chi connectivity index (χ3v) is 3.02. The molecule has 1 aromatic heterocycles. The third kappa shape index (κ3) is 2.76. The van der Waals surface area contributed by atoms with Gasteiger partial charge in [0.05, 0.1) is 5.69 Å². The summed E-state index contributed by atoms with van der Waals surface area (Å²) in [5.41, 5.74) is 9.16. The fourth-order valence-electron chi connectivity index (χ4n) is 2.17. The molecule has 0 saturated heterocycles. The summed E-state index contributed by atoms with van der Waals surface area (Å²) in [5.74, 6) is -0.221. The molecule has 0 aliphatic heterocycles. The van der Waals surface area contributed by atoms with Crippen LogP contribution in [0.5, 0.6) is 0 Å². The Balaban J connectivity index is 2.18. The Bertz CT molecular complexity index is 534. The fourth-order valence-corrected chi connectivity index (χ4v) is 2.17. The van der Waals surface area contributed by atoms with Gasteiger partial charge in [-0.3, -0.25) is 4.68 Å². The van der Waals surface area contributed by atoms with Gasteiger partial charge in [0, 0.05) is 24.8 Å². The molecular weight excluding hydrogens is 229 g/mol. The molecule has 0 radical (unpaired) electrons. The molecule has 1 unspecified atom stereocenters. The van der Waals surface area contributed by atoms with Gasteiger partial charge in [0.1, 0.15) is 5.82 Å². The standard InChI is InChI=1S/C14H18FN3/c1-3-14-12(9-18(2)17-14)13(16)8-10-5-4-6-11(15)7-10/h4-7,9,13H,3,8,16H2,1-2H3. The number of rotatable bonds is 4. The molecule has 0 bridgehead atoms. The van der Waals surface area contributed by atoms with Gasteiger partial charge in [0.25, 0.3) is 0 Å². The van der Waals surface area contributed by atoms with Crippen LogP contribution >= 0.6 is 0 Å². The van der Waals surface area contributed by atoms with Crippen molar-refractivity contribution >= 4 is 0 Å². The Labute approximate surface area is 106 Å². The predicted molar refractivity (Wildman–Crippen MR) is 69.6 cm³/mol. The van der Waals surface area contributed by atoms with Crippen molar-refractivity contribution in [2.45, 2.75) is 25.8 Å². The average Bonchev–Trinajstić information content (AvgIpc) is 2.70. The second kappa shape index (κ2) is 5.31. The lowest BCUT2D eigenvalue weighted by atomic mass is 9.99. The summed E-state index contributed by atoms with van der Waals surface area (Å²) in [6.07, 6.45) is 3.42. The zero-order valence-electron chi connectivity index (χ0n) is 10.7. The van der Waals surface area contributed by atoms with Crippen LogP contribution < -0.4 is 5.73 Å². The highest BCUT2D eigenvalue weighted by atomic mass is 19.1. The van der Waals surface area contributed by atoms with E-state index in [1.165, 1.54) is 12.1 Å². The predicted octanol–water partition coefficient (Wildman–Crippen LogP) is 2.36. The summed E-state index contributed by atoms with van der Waals surface area (Å²) in [4.78, 5) is 0. The van der Waals surface area contributed by atoms with E-state index in [0.29, 0.717) is 6.42 Å². The van der Waals surface area contributed by atoms with Crippen molar-refractivity contribution in [3.05, 3.63) is 53.1 Å². The van der Waals surface area contributed by atoms with Gasteiger partial charge in [-0.2, -0.15) is 5.10 Å². The van der Waals surface area contributed by atoms with E-state index in [0.717, 1.165) is 23.2 Å². The van der Waals surface area contributed by atoms with E-state index in [4.69, 9.17) is 5.73 Å². The largest absolute Gasteiger partial charge is 0.324 e. The second-order valence-electron chi connectivity index (χ2n) is 4.50. The molecule has 0 fully saturated rings. The fraction of sp³-hybridized carbons (Fsp3) is 0.357. The molecule has 2 N–H and O–H groups in total. The zero-order valence-corrected chi connectivity index (χ0v) is 10.7. The number of halogens is 1. The van der Waals surface area contributed by atoms with Gasteiger partial charge in [-0.05, 0) is 30.5 Å². The van der Waals surface area contributed by atoms with Crippen molar-refractivity contribution in [3.8, 4) is 0 Å². The molecule has 0 aliphatic rings. The Kier molecular flexibility index (Phi) is 3.77. The quantitative estimate of drug-likeness (QED) is 0.901. The van der Waals surface area contributed by atoms with Gasteiger partial charge in [-0.25, -0.2) is 4.39 Å². The van der Waals surface area contributed by atoms with Gasteiger partial charge in [0.15, 0.2) is 0 Å². The molecule has 4 heteroatoms. The number of hydrogen-bond acceptors (Lipinski definition) is 2. The minimum Gasteiger partial charge on any atom is -0.324 e. The Morgan fingerprint density at radius 2 is 2.22 bits per heavy atom. The maximum Gasteiger partial charge on any atom is 0.123 e. The van der Waals surface area contributed by atoms with Crippen molar-refractivity contribution in [3.63, 3.8) is 0 Å². The van der Waals surface area contributed by atoms with Gasteiger partial charge in [0.2, 0.25) is 0 Å². The van der Waals surface area contributed by atoms with Crippen molar-refractivity contribution in [2.75, 3.05) is 0 Å². The van der Waals surface area contributed by atoms with Crippen molar-refractivity contribution in [1.29, 1.82) is 0 Å². The SMILES string of the molecule is CCc1nn(C)cc1C(N)Cc1cccc(F)c1. The van der Waals surface area contributed by atoms with Crippen LogP contribution in [0.2, 0.25) is 0 Å². The highest BCUT2D eigenvalue weighted by Gasteiger charge is 2.14. The molecule has 96 valence electrons. The van der Waals surface area contributed by atoms with Crippen LogP contribution in [0.15, 0.2) is 30.5 Å². The van der Waals surface area contributed by atoms with Gasteiger partial charge in [-0.1, -0.05) is 19.1 Å². The van der Waals surface area contributed by atoms with E-state index in [2.05, 4.69) is 12.0 Å². The lowest BCUT2D eigenvalue weighted by Crippen LogP contribution is -2.14. The van der Waals surface area contributed by atoms with E-state index in [-0.39, 0.29) is 11.9 Å². The maximum atomic E-state index is 13.1. The van der Waals surface area contributed by atoms with Crippen LogP contribution in [0.4, 0.5) is 4.39 Å².